The van der Waals surface area contributed by atoms with Gasteiger partial charge in [0.25, 0.3) is 0 Å². The van der Waals surface area contributed by atoms with Crippen LogP contribution in [0.2, 0.25) is 0 Å². The van der Waals surface area contributed by atoms with E-state index in [4.69, 9.17) is 0 Å². The van der Waals surface area contributed by atoms with Crippen LogP contribution in [0.5, 0.6) is 0 Å². The van der Waals surface area contributed by atoms with Gasteiger partial charge >= 0.3 is 0 Å². The quantitative estimate of drug-likeness (QED) is 0.867. The Hall–Kier alpha value is -1.43. The van der Waals surface area contributed by atoms with Crippen molar-refractivity contribution in [1.29, 1.82) is 0 Å². The summed E-state index contributed by atoms with van der Waals surface area (Å²) in [5, 5.41) is 13.6. The smallest absolute Gasteiger partial charge is 0.124 e. The third-order valence-electron chi connectivity index (χ3n) is 2.53. The zero-order valence-electron chi connectivity index (χ0n) is 9.42. The molecule has 0 saturated carbocycles. The van der Waals surface area contributed by atoms with Crippen LogP contribution in [-0.2, 0) is 6.54 Å². The molecule has 0 aromatic carbocycles. The van der Waals surface area contributed by atoms with Gasteiger partial charge in [-0.2, -0.15) is 5.10 Å². The molecular weight excluding hydrogens is 222 g/mol. The SMILES string of the molecule is CCC(C)n1nccc1NCc1csnn1. The minimum Gasteiger partial charge on any atom is -0.365 e. The molecule has 16 heavy (non-hydrogen) atoms. The van der Waals surface area contributed by atoms with Crippen LogP contribution in [0, 0.1) is 0 Å². The third kappa shape index (κ3) is 2.38. The summed E-state index contributed by atoms with van der Waals surface area (Å²) in [4.78, 5) is 0. The van der Waals surface area contributed by atoms with Crippen molar-refractivity contribution in [3.8, 4) is 0 Å². The van der Waals surface area contributed by atoms with E-state index in [9.17, 15) is 0 Å². The number of nitrogens with one attached hydrogen (secondary N) is 1. The normalized spacial score (nSPS) is 12.6. The molecule has 1 atom stereocenters. The van der Waals surface area contributed by atoms with Crippen LogP contribution in [-0.4, -0.2) is 19.4 Å². The summed E-state index contributed by atoms with van der Waals surface area (Å²) in [6.45, 7) is 5.00. The average molecular weight is 237 g/mol. The second-order valence-corrected chi connectivity index (χ2v) is 4.28. The van der Waals surface area contributed by atoms with Crippen molar-refractivity contribution in [1.82, 2.24) is 19.4 Å². The molecule has 0 amide bonds. The van der Waals surface area contributed by atoms with Crippen LogP contribution in [0.15, 0.2) is 17.6 Å². The van der Waals surface area contributed by atoms with Gasteiger partial charge in [-0.1, -0.05) is 11.4 Å². The summed E-state index contributed by atoms with van der Waals surface area (Å²) >= 11 is 1.37. The number of hydrogen-bond acceptors (Lipinski definition) is 5. The van der Waals surface area contributed by atoms with E-state index in [-0.39, 0.29) is 0 Å². The van der Waals surface area contributed by atoms with E-state index in [1.807, 2.05) is 22.3 Å². The summed E-state index contributed by atoms with van der Waals surface area (Å²) in [7, 11) is 0. The number of nitrogens with zero attached hydrogens (tertiary/aromatic N) is 4. The first kappa shape index (κ1) is 11.1. The van der Waals surface area contributed by atoms with Crippen LogP contribution in [0.3, 0.4) is 0 Å². The molecule has 1 N–H and O–H groups in total. The van der Waals surface area contributed by atoms with Gasteiger partial charge in [-0.05, 0) is 24.9 Å². The molecule has 0 saturated heterocycles. The molecule has 1 unspecified atom stereocenters. The van der Waals surface area contributed by atoms with E-state index >= 15 is 0 Å². The lowest BCUT2D eigenvalue weighted by molar-refractivity contribution is 0.482. The Morgan fingerprint density at radius 1 is 1.56 bits per heavy atom. The fourth-order valence-corrected chi connectivity index (χ4v) is 1.87. The van der Waals surface area contributed by atoms with E-state index in [2.05, 4.69) is 33.8 Å². The standard InChI is InChI=1S/C10H15N5S/c1-3-8(2)15-10(4-5-12-15)11-6-9-7-16-14-13-9/h4-5,7-8,11H,3,6H2,1-2H3. The monoisotopic (exact) mass is 237 g/mol. The minimum atomic E-state index is 0.408. The summed E-state index contributed by atoms with van der Waals surface area (Å²) in [5.74, 6) is 1.03. The summed E-state index contributed by atoms with van der Waals surface area (Å²) in [6.07, 6.45) is 2.88. The number of rotatable bonds is 5. The molecule has 2 aromatic heterocycles. The first-order valence-electron chi connectivity index (χ1n) is 5.34. The molecule has 0 spiro atoms. The summed E-state index contributed by atoms with van der Waals surface area (Å²) in [6, 6.07) is 2.39. The van der Waals surface area contributed by atoms with Crippen molar-refractivity contribution in [3.63, 3.8) is 0 Å². The molecule has 0 radical (unpaired) electrons. The van der Waals surface area contributed by atoms with Crippen molar-refractivity contribution in [2.45, 2.75) is 32.9 Å². The number of hydrogen-bond donors (Lipinski definition) is 1. The molecule has 2 rings (SSSR count). The lowest BCUT2D eigenvalue weighted by atomic mass is 10.3. The minimum absolute atomic E-state index is 0.408. The van der Waals surface area contributed by atoms with E-state index in [1.165, 1.54) is 11.5 Å². The number of aromatic nitrogens is 4. The molecule has 2 aromatic rings. The van der Waals surface area contributed by atoms with Crippen molar-refractivity contribution >= 4 is 17.4 Å². The molecule has 5 nitrogen and oxygen atoms in total. The predicted molar refractivity (Wildman–Crippen MR) is 64.5 cm³/mol. The number of anilines is 1. The van der Waals surface area contributed by atoms with Gasteiger partial charge in [0.1, 0.15) is 5.82 Å². The maximum Gasteiger partial charge on any atom is 0.124 e. The highest BCUT2D eigenvalue weighted by molar-refractivity contribution is 7.03. The van der Waals surface area contributed by atoms with Crippen molar-refractivity contribution in [2.75, 3.05) is 5.32 Å². The van der Waals surface area contributed by atoms with E-state index in [1.54, 1.807) is 0 Å². The fourth-order valence-electron chi connectivity index (χ4n) is 1.42. The molecule has 6 heteroatoms. The highest BCUT2D eigenvalue weighted by atomic mass is 32.1. The lowest BCUT2D eigenvalue weighted by Gasteiger charge is -2.14. The average Bonchev–Trinajstić information content (AvgIpc) is 2.96. The summed E-state index contributed by atoms with van der Waals surface area (Å²) in [5.41, 5.74) is 0.960. The Morgan fingerprint density at radius 3 is 3.12 bits per heavy atom. The zero-order valence-corrected chi connectivity index (χ0v) is 10.2. The maximum atomic E-state index is 4.31. The first-order valence-corrected chi connectivity index (χ1v) is 6.18. The van der Waals surface area contributed by atoms with E-state index < -0.39 is 0 Å². The molecular formula is C10H15N5S. The molecule has 2 heterocycles. The second-order valence-electron chi connectivity index (χ2n) is 3.67. The molecule has 86 valence electrons. The van der Waals surface area contributed by atoms with E-state index in [0.29, 0.717) is 12.6 Å². The molecule has 0 fully saturated rings. The topological polar surface area (TPSA) is 55.6 Å². The zero-order chi connectivity index (χ0) is 11.4. The Kier molecular flexibility index (Phi) is 3.51. The van der Waals surface area contributed by atoms with Gasteiger partial charge in [0.15, 0.2) is 0 Å². The van der Waals surface area contributed by atoms with Gasteiger partial charge in [-0.3, -0.25) is 0 Å². The van der Waals surface area contributed by atoms with Gasteiger partial charge in [0.2, 0.25) is 0 Å². The van der Waals surface area contributed by atoms with Gasteiger partial charge in [-0.15, -0.1) is 5.10 Å². The van der Waals surface area contributed by atoms with Crippen molar-refractivity contribution in [3.05, 3.63) is 23.3 Å². The van der Waals surface area contributed by atoms with E-state index in [0.717, 1.165) is 17.9 Å². The maximum absolute atomic E-state index is 4.31. The largest absolute Gasteiger partial charge is 0.365 e. The van der Waals surface area contributed by atoms with Crippen LogP contribution in [0.25, 0.3) is 0 Å². The van der Waals surface area contributed by atoms with Crippen LogP contribution >= 0.6 is 11.5 Å². The highest BCUT2D eigenvalue weighted by Crippen LogP contribution is 2.16. The van der Waals surface area contributed by atoms with Gasteiger partial charge < -0.3 is 5.32 Å². The Labute approximate surface area is 98.7 Å². The predicted octanol–water partition coefficient (Wildman–Crippen LogP) is 2.32. The molecule has 0 aliphatic carbocycles. The Balaban J connectivity index is 2.01. The lowest BCUT2D eigenvalue weighted by Crippen LogP contribution is -2.11. The van der Waals surface area contributed by atoms with Crippen LogP contribution < -0.4 is 5.32 Å². The molecule has 0 aliphatic rings. The highest BCUT2D eigenvalue weighted by Gasteiger charge is 2.08. The Morgan fingerprint density at radius 2 is 2.44 bits per heavy atom. The second kappa shape index (κ2) is 5.07. The molecule has 0 aliphatic heterocycles. The summed E-state index contributed by atoms with van der Waals surface area (Å²) < 4.78 is 5.82. The first-order chi connectivity index (χ1) is 7.81. The van der Waals surface area contributed by atoms with Crippen molar-refractivity contribution in [2.24, 2.45) is 0 Å². The van der Waals surface area contributed by atoms with Gasteiger partial charge in [-0.25, -0.2) is 4.68 Å². The fraction of sp³-hybridized carbons (Fsp3) is 0.500. The van der Waals surface area contributed by atoms with Gasteiger partial charge in [0, 0.05) is 11.4 Å². The van der Waals surface area contributed by atoms with Crippen molar-refractivity contribution < 1.29 is 0 Å². The van der Waals surface area contributed by atoms with Crippen LogP contribution in [0.1, 0.15) is 32.0 Å². The Bertz CT molecular complexity index is 422. The van der Waals surface area contributed by atoms with Crippen LogP contribution in [0.4, 0.5) is 5.82 Å². The molecule has 0 bridgehead atoms. The third-order valence-corrected chi connectivity index (χ3v) is 3.09. The van der Waals surface area contributed by atoms with Gasteiger partial charge in [0.05, 0.1) is 24.5 Å².